The van der Waals surface area contributed by atoms with Crippen molar-refractivity contribution in [1.29, 1.82) is 0 Å². The number of guanidine groups is 1. The number of benzene rings is 2. The number of nitrogens with zero attached hydrogens (tertiary/aromatic N) is 3. The molecule has 0 aliphatic carbocycles. The van der Waals surface area contributed by atoms with Gasteiger partial charge >= 0.3 is 0 Å². The van der Waals surface area contributed by atoms with E-state index in [-0.39, 0.29) is 0 Å². The van der Waals surface area contributed by atoms with Gasteiger partial charge in [0.1, 0.15) is 0 Å². The number of nitrogens with two attached hydrogens (primary N) is 1. The smallest absolute Gasteiger partial charge is 0.193 e. The molecular formula is C20H23N5. The molecule has 0 atom stereocenters. The van der Waals surface area contributed by atoms with E-state index in [4.69, 9.17) is 5.73 Å². The Hall–Kier alpha value is -3.08. The van der Waals surface area contributed by atoms with Crippen LogP contribution in [0.5, 0.6) is 0 Å². The molecule has 0 saturated carbocycles. The minimum atomic E-state index is 0.396. The lowest BCUT2D eigenvalue weighted by molar-refractivity contribution is 0.769. The summed E-state index contributed by atoms with van der Waals surface area (Å²) in [5.74, 6) is 0.396. The van der Waals surface area contributed by atoms with Gasteiger partial charge in [-0.15, -0.1) is 0 Å². The zero-order chi connectivity index (χ0) is 17.8. The maximum Gasteiger partial charge on any atom is 0.193 e. The average molecular weight is 333 g/mol. The lowest BCUT2D eigenvalue weighted by Gasteiger charge is -2.08. The summed E-state index contributed by atoms with van der Waals surface area (Å²) >= 11 is 0. The molecule has 1 aromatic heterocycles. The number of hydrogen-bond acceptors (Lipinski definition) is 2. The molecule has 0 amide bonds. The second-order valence-corrected chi connectivity index (χ2v) is 6.25. The van der Waals surface area contributed by atoms with E-state index < -0.39 is 0 Å². The number of anilines is 1. The molecule has 3 aromatic rings. The Morgan fingerprint density at radius 3 is 2.48 bits per heavy atom. The van der Waals surface area contributed by atoms with Crippen molar-refractivity contribution >= 4 is 11.6 Å². The van der Waals surface area contributed by atoms with Crippen LogP contribution in [-0.4, -0.2) is 15.7 Å². The number of aryl methyl sites for hydroxylation is 3. The highest BCUT2D eigenvalue weighted by atomic mass is 15.3. The highest BCUT2D eigenvalue weighted by Crippen LogP contribution is 2.22. The summed E-state index contributed by atoms with van der Waals surface area (Å²) < 4.78 is 1.81. The number of aliphatic imine (C=N–C) groups is 1. The van der Waals surface area contributed by atoms with Gasteiger partial charge in [0, 0.05) is 30.1 Å². The van der Waals surface area contributed by atoms with Crippen molar-refractivity contribution in [3.05, 3.63) is 71.4 Å². The third-order valence-electron chi connectivity index (χ3n) is 3.87. The highest BCUT2D eigenvalue weighted by molar-refractivity contribution is 5.92. The van der Waals surface area contributed by atoms with E-state index in [0.29, 0.717) is 12.5 Å². The Morgan fingerprint density at radius 1 is 1.12 bits per heavy atom. The molecular weight excluding hydrogens is 310 g/mol. The fourth-order valence-corrected chi connectivity index (χ4v) is 2.90. The molecule has 5 nitrogen and oxygen atoms in total. The van der Waals surface area contributed by atoms with E-state index in [9.17, 15) is 0 Å². The summed E-state index contributed by atoms with van der Waals surface area (Å²) in [5, 5.41) is 7.71. The van der Waals surface area contributed by atoms with Gasteiger partial charge in [-0.1, -0.05) is 36.4 Å². The molecule has 0 radical (unpaired) electrons. The van der Waals surface area contributed by atoms with Crippen LogP contribution in [0.3, 0.4) is 0 Å². The SMILES string of the molecule is Cc1cc(C)cc(NC(N)=NCc2cn(C)nc2-c2ccccc2)c1. The van der Waals surface area contributed by atoms with Crippen molar-refractivity contribution in [2.75, 3.05) is 5.32 Å². The van der Waals surface area contributed by atoms with Crippen molar-refractivity contribution < 1.29 is 0 Å². The minimum Gasteiger partial charge on any atom is -0.370 e. The van der Waals surface area contributed by atoms with Gasteiger partial charge in [0.15, 0.2) is 5.96 Å². The first kappa shape index (κ1) is 16.8. The standard InChI is InChI=1S/C20H23N5/c1-14-9-15(2)11-18(10-14)23-20(21)22-12-17-13-25(3)24-19(17)16-7-5-4-6-8-16/h4-11,13H,12H2,1-3H3,(H3,21,22,23). The highest BCUT2D eigenvalue weighted by Gasteiger charge is 2.09. The summed E-state index contributed by atoms with van der Waals surface area (Å²) in [4.78, 5) is 4.48. The molecule has 0 spiro atoms. The monoisotopic (exact) mass is 333 g/mol. The van der Waals surface area contributed by atoms with Crippen molar-refractivity contribution in [1.82, 2.24) is 9.78 Å². The van der Waals surface area contributed by atoms with Gasteiger partial charge in [-0.3, -0.25) is 4.68 Å². The number of rotatable bonds is 4. The maximum atomic E-state index is 6.06. The first-order chi connectivity index (χ1) is 12.0. The van der Waals surface area contributed by atoms with E-state index in [0.717, 1.165) is 22.5 Å². The first-order valence-corrected chi connectivity index (χ1v) is 8.24. The Balaban J connectivity index is 1.77. The third-order valence-corrected chi connectivity index (χ3v) is 3.87. The maximum absolute atomic E-state index is 6.06. The molecule has 3 rings (SSSR count). The van der Waals surface area contributed by atoms with Gasteiger partial charge in [0.25, 0.3) is 0 Å². The Kier molecular flexibility index (Phi) is 4.84. The van der Waals surface area contributed by atoms with Crippen molar-refractivity contribution in [3.8, 4) is 11.3 Å². The molecule has 3 N–H and O–H groups in total. The van der Waals surface area contributed by atoms with Crippen LogP contribution in [0.15, 0.2) is 59.7 Å². The second-order valence-electron chi connectivity index (χ2n) is 6.25. The number of aromatic nitrogens is 2. The predicted molar refractivity (Wildman–Crippen MR) is 104 cm³/mol. The largest absolute Gasteiger partial charge is 0.370 e. The van der Waals surface area contributed by atoms with Crippen LogP contribution in [0.1, 0.15) is 16.7 Å². The Labute approximate surface area is 148 Å². The fraction of sp³-hybridized carbons (Fsp3) is 0.200. The third kappa shape index (κ3) is 4.26. The van der Waals surface area contributed by atoms with E-state index in [1.54, 1.807) is 4.68 Å². The van der Waals surface area contributed by atoms with E-state index in [2.05, 4.69) is 47.5 Å². The van der Waals surface area contributed by atoms with Gasteiger partial charge in [-0.25, -0.2) is 4.99 Å². The zero-order valence-electron chi connectivity index (χ0n) is 14.8. The van der Waals surface area contributed by atoms with Gasteiger partial charge in [0.05, 0.1) is 12.2 Å². The molecule has 0 aliphatic heterocycles. The molecule has 0 aliphatic rings. The van der Waals surface area contributed by atoms with Crippen LogP contribution < -0.4 is 11.1 Å². The zero-order valence-corrected chi connectivity index (χ0v) is 14.8. The Morgan fingerprint density at radius 2 is 1.80 bits per heavy atom. The first-order valence-electron chi connectivity index (χ1n) is 8.24. The fourth-order valence-electron chi connectivity index (χ4n) is 2.90. The summed E-state index contributed by atoms with van der Waals surface area (Å²) in [6, 6.07) is 16.3. The average Bonchev–Trinajstić information content (AvgIpc) is 2.94. The minimum absolute atomic E-state index is 0.396. The summed E-state index contributed by atoms with van der Waals surface area (Å²) in [6.07, 6.45) is 1.98. The summed E-state index contributed by atoms with van der Waals surface area (Å²) in [7, 11) is 1.91. The lowest BCUT2D eigenvalue weighted by Crippen LogP contribution is -2.22. The molecule has 2 aromatic carbocycles. The van der Waals surface area contributed by atoms with Gasteiger partial charge in [-0.2, -0.15) is 5.10 Å². The van der Waals surface area contributed by atoms with Crippen molar-refractivity contribution in [3.63, 3.8) is 0 Å². The van der Waals surface area contributed by atoms with Gasteiger partial charge < -0.3 is 11.1 Å². The Bertz CT molecular complexity index is 873. The van der Waals surface area contributed by atoms with Crippen molar-refractivity contribution in [2.24, 2.45) is 17.8 Å². The van der Waals surface area contributed by atoms with E-state index in [1.165, 1.54) is 11.1 Å². The number of nitrogens with one attached hydrogen (secondary N) is 1. The van der Waals surface area contributed by atoms with E-state index >= 15 is 0 Å². The molecule has 0 fully saturated rings. The van der Waals surface area contributed by atoms with Crippen LogP contribution in [0.4, 0.5) is 5.69 Å². The summed E-state index contributed by atoms with van der Waals surface area (Å²) in [6.45, 7) is 4.60. The lowest BCUT2D eigenvalue weighted by atomic mass is 10.1. The molecule has 1 heterocycles. The molecule has 0 saturated heterocycles. The molecule has 5 heteroatoms. The van der Waals surface area contributed by atoms with Gasteiger partial charge in [0.2, 0.25) is 0 Å². The van der Waals surface area contributed by atoms with Crippen LogP contribution in [-0.2, 0) is 13.6 Å². The van der Waals surface area contributed by atoms with Crippen LogP contribution in [0.25, 0.3) is 11.3 Å². The topological polar surface area (TPSA) is 68.2 Å². The molecule has 25 heavy (non-hydrogen) atoms. The summed E-state index contributed by atoms with van der Waals surface area (Å²) in [5.41, 5.74) is 12.4. The molecule has 128 valence electrons. The van der Waals surface area contributed by atoms with Crippen LogP contribution in [0, 0.1) is 13.8 Å². The normalized spacial score (nSPS) is 11.6. The molecule has 0 bridgehead atoms. The molecule has 0 unspecified atom stereocenters. The predicted octanol–water partition coefficient (Wildman–Crippen LogP) is 3.63. The number of hydrogen-bond donors (Lipinski definition) is 2. The van der Waals surface area contributed by atoms with Crippen molar-refractivity contribution in [2.45, 2.75) is 20.4 Å². The van der Waals surface area contributed by atoms with Crippen LogP contribution in [0.2, 0.25) is 0 Å². The van der Waals surface area contributed by atoms with Crippen LogP contribution >= 0.6 is 0 Å². The second kappa shape index (κ2) is 7.21. The van der Waals surface area contributed by atoms with E-state index in [1.807, 2.05) is 43.6 Å². The quantitative estimate of drug-likeness (QED) is 0.566. The van der Waals surface area contributed by atoms with Gasteiger partial charge in [-0.05, 0) is 37.1 Å².